The first-order valence-corrected chi connectivity index (χ1v) is 9.59. The zero-order chi connectivity index (χ0) is 19.0. The molecule has 1 atom stereocenters. The van der Waals surface area contributed by atoms with Crippen molar-refractivity contribution in [2.24, 2.45) is 0 Å². The molecule has 0 fully saturated rings. The molecule has 3 aromatic rings. The second-order valence-corrected chi connectivity index (χ2v) is 7.70. The Morgan fingerprint density at radius 2 is 1.93 bits per heavy atom. The number of hydrogen-bond acceptors (Lipinski definition) is 2. The van der Waals surface area contributed by atoms with Gasteiger partial charge in [0.15, 0.2) is 6.61 Å². The number of carbonyl (C=O) groups excluding carboxylic acids is 1. The van der Waals surface area contributed by atoms with Crippen LogP contribution in [0.5, 0.6) is 5.75 Å². The summed E-state index contributed by atoms with van der Waals surface area (Å²) in [5.41, 5.74) is 7.38. The first-order valence-electron chi connectivity index (χ1n) is 9.59. The Morgan fingerprint density at radius 3 is 2.74 bits per heavy atom. The smallest absolute Gasteiger partial charge is 0.258 e. The molecule has 0 saturated carbocycles. The lowest BCUT2D eigenvalue weighted by Crippen LogP contribution is -2.41. The van der Waals surface area contributed by atoms with Crippen LogP contribution in [0.1, 0.15) is 34.4 Å². The third-order valence-electron chi connectivity index (χ3n) is 5.40. The Balaban J connectivity index is 1.38. The molecule has 0 spiro atoms. The maximum Gasteiger partial charge on any atom is 0.258 e. The maximum absolute atomic E-state index is 12.3. The van der Waals surface area contributed by atoms with E-state index >= 15 is 0 Å². The fraction of sp³-hybridized carbons (Fsp3) is 0.348. The van der Waals surface area contributed by atoms with Crippen LogP contribution in [-0.4, -0.2) is 23.5 Å². The van der Waals surface area contributed by atoms with E-state index in [9.17, 15) is 4.79 Å². The lowest BCUT2D eigenvalue weighted by molar-refractivity contribution is -0.123. The number of benzene rings is 2. The van der Waals surface area contributed by atoms with Gasteiger partial charge in [0.05, 0.1) is 0 Å². The largest absolute Gasteiger partial charge is 0.484 e. The monoisotopic (exact) mass is 362 g/mol. The van der Waals surface area contributed by atoms with Crippen molar-refractivity contribution in [2.45, 2.75) is 46.1 Å². The molecule has 4 heteroatoms. The molecule has 4 nitrogen and oxygen atoms in total. The van der Waals surface area contributed by atoms with Crippen molar-refractivity contribution >= 4 is 16.8 Å². The van der Waals surface area contributed by atoms with Crippen molar-refractivity contribution in [1.29, 1.82) is 0 Å². The predicted octanol–water partition coefficient (Wildman–Crippen LogP) is 4.15. The second kappa shape index (κ2) is 7.10. The lowest BCUT2D eigenvalue weighted by Gasteiger charge is -2.23. The molecule has 0 radical (unpaired) electrons. The summed E-state index contributed by atoms with van der Waals surface area (Å²) in [6.45, 7) is 6.23. The minimum absolute atomic E-state index is 0.0547. The van der Waals surface area contributed by atoms with Crippen LogP contribution in [0.4, 0.5) is 0 Å². The van der Waals surface area contributed by atoms with Gasteiger partial charge in [-0.15, -0.1) is 0 Å². The minimum atomic E-state index is -0.0598. The molecule has 4 rings (SSSR count). The molecule has 1 aromatic heterocycles. The molecular formula is C23H26N2O2. The van der Waals surface area contributed by atoms with Gasteiger partial charge in [0.2, 0.25) is 0 Å². The Labute approximate surface area is 159 Å². The average molecular weight is 362 g/mol. The van der Waals surface area contributed by atoms with Gasteiger partial charge in [-0.1, -0.05) is 29.3 Å². The number of carbonyl (C=O) groups is 1. The maximum atomic E-state index is 12.3. The van der Waals surface area contributed by atoms with Gasteiger partial charge in [0.1, 0.15) is 5.75 Å². The molecule has 1 aliphatic carbocycles. The van der Waals surface area contributed by atoms with E-state index in [-0.39, 0.29) is 18.6 Å². The third kappa shape index (κ3) is 3.70. The molecule has 0 aliphatic heterocycles. The lowest BCUT2D eigenvalue weighted by atomic mass is 9.91. The number of aromatic nitrogens is 1. The SMILES string of the molecule is Cc1ccc(OCC(=O)NC2CCc3c([nH]c4ccc(C)cc34)C2)c(C)c1. The van der Waals surface area contributed by atoms with Crippen molar-refractivity contribution in [3.63, 3.8) is 0 Å². The van der Waals surface area contributed by atoms with Gasteiger partial charge in [0, 0.05) is 29.1 Å². The van der Waals surface area contributed by atoms with Crippen molar-refractivity contribution < 1.29 is 9.53 Å². The van der Waals surface area contributed by atoms with Gasteiger partial charge in [-0.2, -0.15) is 0 Å². The molecule has 2 N–H and O–H groups in total. The molecule has 2 aromatic carbocycles. The Kier molecular flexibility index (Phi) is 4.65. The molecule has 1 aliphatic rings. The predicted molar refractivity (Wildman–Crippen MR) is 108 cm³/mol. The van der Waals surface area contributed by atoms with E-state index in [0.717, 1.165) is 30.6 Å². The van der Waals surface area contributed by atoms with Crippen molar-refractivity contribution in [1.82, 2.24) is 10.3 Å². The van der Waals surface area contributed by atoms with Gasteiger partial charge in [0.25, 0.3) is 5.91 Å². The first kappa shape index (κ1) is 17.7. The van der Waals surface area contributed by atoms with Crippen LogP contribution in [0.25, 0.3) is 10.9 Å². The highest BCUT2D eigenvalue weighted by atomic mass is 16.5. The number of ether oxygens (including phenoxy) is 1. The summed E-state index contributed by atoms with van der Waals surface area (Å²) in [4.78, 5) is 15.9. The fourth-order valence-electron chi connectivity index (χ4n) is 4.04. The minimum Gasteiger partial charge on any atom is -0.484 e. The molecule has 140 valence electrons. The van der Waals surface area contributed by atoms with Crippen molar-refractivity contribution in [3.05, 3.63) is 64.3 Å². The number of aryl methyl sites for hydroxylation is 4. The number of nitrogens with one attached hydrogen (secondary N) is 2. The summed E-state index contributed by atoms with van der Waals surface area (Å²) in [6.07, 6.45) is 2.79. The van der Waals surface area contributed by atoms with Crippen molar-refractivity contribution in [2.75, 3.05) is 6.61 Å². The van der Waals surface area contributed by atoms with Gasteiger partial charge in [-0.05, 0) is 62.9 Å². The summed E-state index contributed by atoms with van der Waals surface area (Å²) >= 11 is 0. The highest BCUT2D eigenvalue weighted by Gasteiger charge is 2.23. The number of hydrogen-bond donors (Lipinski definition) is 2. The number of amides is 1. The van der Waals surface area contributed by atoms with E-state index in [4.69, 9.17) is 4.74 Å². The summed E-state index contributed by atoms with van der Waals surface area (Å²) in [7, 11) is 0. The van der Waals surface area contributed by atoms with Crippen LogP contribution < -0.4 is 10.1 Å². The Bertz CT molecular complexity index is 1000. The molecule has 0 bridgehead atoms. The van der Waals surface area contributed by atoms with Crippen LogP contribution in [0, 0.1) is 20.8 Å². The van der Waals surface area contributed by atoms with E-state index in [1.54, 1.807) is 0 Å². The highest BCUT2D eigenvalue weighted by Crippen LogP contribution is 2.30. The van der Waals surface area contributed by atoms with Gasteiger partial charge in [-0.3, -0.25) is 4.79 Å². The van der Waals surface area contributed by atoms with Gasteiger partial charge >= 0.3 is 0 Å². The Hall–Kier alpha value is -2.75. The summed E-state index contributed by atoms with van der Waals surface area (Å²) < 4.78 is 5.71. The molecule has 1 amide bonds. The fourth-order valence-corrected chi connectivity index (χ4v) is 4.04. The number of H-pyrrole nitrogens is 1. The quantitative estimate of drug-likeness (QED) is 0.733. The number of rotatable bonds is 4. The summed E-state index contributed by atoms with van der Waals surface area (Å²) in [5.74, 6) is 0.711. The van der Waals surface area contributed by atoms with Crippen LogP contribution in [0.3, 0.4) is 0 Å². The molecule has 1 unspecified atom stereocenters. The van der Waals surface area contributed by atoms with Crippen LogP contribution in [0.2, 0.25) is 0 Å². The average Bonchev–Trinajstić information content (AvgIpc) is 2.98. The molecule has 0 saturated heterocycles. The number of aromatic amines is 1. The normalized spacial score (nSPS) is 16.2. The first-order chi connectivity index (χ1) is 13.0. The van der Waals surface area contributed by atoms with Crippen LogP contribution in [0.15, 0.2) is 36.4 Å². The summed E-state index contributed by atoms with van der Waals surface area (Å²) in [5, 5.41) is 4.46. The Morgan fingerprint density at radius 1 is 1.15 bits per heavy atom. The standard InChI is InChI=1S/C23H26N2O2/c1-14-5-9-22(16(3)10-14)27-13-23(26)24-17-6-7-18-19-11-15(2)4-8-20(19)25-21(18)12-17/h4-5,8-11,17,25H,6-7,12-13H2,1-3H3,(H,24,26). The van der Waals surface area contributed by atoms with Gasteiger partial charge in [-0.25, -0.2) is 0 Å². The zero-order valence-corrected chi connectivity index (χ0v) is 16.2. The highest BCUT2D eigenvalue weighted by molar-refractivity contribution is 5.86. The van der Waals surface area contributed by atoms with Gasteiger partial charge < -0.3 is 15.0 Å². The van der Waals surface area contributed by atoms with Crippen molar-refractivity contribution in [3.8, 4) is 5.75 Å². The second-order valence-electron chi connectivity index (χ2n) is 7.70. The van der Waals surface area contributed by atoms with Crippen LogP contribution >= 0.6 is 0 Å². The van der Waals surface area contributed by atoms with Crippen LogP contribution in [-0.2, 0) is 17.6 Å². The van der Waals surface area contributed by atoms with E-state index in [2.05, 4.69) is 41.5 Å². The third-order valence-corrected chi connectivity index (χ3v) is 5.40. The van der Waals surface area contributed by atoms with E-state index in [0.29, 0.717) is 0 Å². The summed E-state index contributed by atoms with van der Waals surface area (Å²) in [6, 6.07) is 12.7. The topological polar surface area (TPSA) is 54.1 Å². The molecular weight excluding hydrogens is 336 g/mol. The van der Waals surface area contributed by atoms with E-state index < -0.39 is 0 Å². The van der Waals surface area contributed by atoms with E-state index in [1.165, 1.54) is 33.3 Å². The molecule has 27 heavy (non-hydrogen) atoms. The molecule has 1 heterocycles. The van der Waals surface area contributed by atoms with E-state index in [1.807, 2.05) is 26.0 Å². The number of fused-ring (bicyclic) bond motifs is 3. The zero-order valence-electron chi connectivity index (χ0n) is 16.2.